The van der Waals surface area contributed by atoms with E-state index in [9.17, 15) is 9.59 Å². The lowest BCUT2D eigenvalue weighted by Gasteiger charge is -2.37. The van der Waals surface area contributed by atoms with Gasteiger partial charge in [0.05, 0.1) is 24.4 Å². The molecule has 2 aromatic carbocycles. The van der Waals surface area contributed by atoms with Gasteiger partial charge in [-0.3, -0.25) is 0 Å². The van der Waals surface area contributed by atoms with Gasteiger partial charge >= 0.3 is 11.9 Å². The number of hydrogen-bond acceptors (Lipinski definition) is 6. The van der Waals surface area contributed by atoms with Crippen molar-refractivity contribution in [2.24, 2.45) is 23.7 Å². The van der Waals surface area contributed by atoms with Crippen molar-refractivity contribution in [3.63, 3.8) is 0 Å². The molecule has 0 unspecified atom stereocenters. The molecular formula is C40H52O6. The van der Waals surface area contributed by atoms with Crippen LogP contribution in [-0.4, -0.2) is 39.4 Å². The largest absolute Gasteiger partial charge is 0.423 e. The first-order valence-corrected chi connectivity index (χ1v) is 17.0. The summed E-state index contributed by atoms with van der Waals surface area (Å²) in [6, 6.07) is 13.1. The summed E-state index contributed by atoms with van der Waals surface area (Å²) in [5, 5.41) is 0. The van der Waals surface area contributed by atoms with E-state index in [0.29, 0.717) is 17.4 Å². The number of allylic oxidation sites excluding steroid dienone is 1. The van der Waals surface area contributed by atoms with Crippen LogP contribution in [0, 0.1) is 23.7 Å². The molecule has 4 rings (SSSR count). The van der Waals surface area contributed by atoms with Crippen molar-refractivity contribution in [3.8, 4) is 22.6 Å². The zero-order chi connectivity index (χ0) is 32.9. The number of benzene rings is 2. The van der Waals surface area contributed by atoms with Crippen molar-refractivity contribution in [3.05, 3.63) is 78.4 Å². The molecule has 6 heteroatoms. The van der Waals surface area contributed by atoms with E-state index in [0.717, 1.165) is 34.4 Å². The molecule has 0 aromatic heterocycles. The maximum Gasteiger partial charge on any atom is 0.341 e. The van der Waals surface area contributed by atoms with Gasteiger partial charge in [0.25, 0.3) is 0 Å². The fourth-order valence-electron chi connectivity index (χ4n) is 6.97. The molecule has 248 valence electrons. The van der Waals surface area contributed by atoms with Crippen LogP contribution < -0.4 is 9.47 Å². The highest BCUT2D eigenvalue weighted by atomic mass is 16.5. The van der Waals surface area contributed by atoms with Crippen molar-refractivity contribution < 1.29 is 28.5 Å². The topological polar surface area (TPSA) is 71.1 Å². The van der Waals surface area contributed by atoms with Crippen LogP contribution in [0.2, 0.25) is 0 Å². The fourth-order valence-corrected chi connectivity index (χ4v) is 6.97. The Labute approximate surface area is 275 Å². The van der Waals surface area contributed by atoms with Gasteiger partial charge in [-0.25, -0.2) is 9.59 Å². The Morgan fingerprint density at radius 1 is 0.761 bits per heavy atom. The lowest BCUT2D eigenvalue weighted by atomic mass is 9.68. The van der Waals surface area contributed by atoms with E-state index in [1.54, 1.807) is 12.1 Å². The maximum atomic E-state index is 12.7. The minimum Gasteiger partial charge on any atom is -0.423 e. The summed E-state index contributed by atoms with van der Waals surface area (Å²) in [5.41, 5.74) is 3.24. The Kier molecular flexibility index (Phi) is 13.9. The molecule has 0 N–H and O–H groups in total. The maximum absolute atomic E-state index is 12.7. The Morgan fingerprint density at radius 3 is 1.91 bits per heavy atom. The van der Waals surface area contributed by atoms with Crippen LogP contribution in [0.25, 0.3) is 17.2 Å². The Morgan fingerprint density at radius 2 is 1.33 bits per heavy atom. The monoisotopic (exact) mass is 628 g/mol. The van der Waals surface area contributed by atoms with Crippen LogP contribution in [0.4, 0.5) is 0 Å². The SMILES string of the molecule is C=C(COC)C(=O)Oc1ccc(-c2ccc(OC(=O)C(=C)COC)c(/C=C/C3CCC(C4CCC(CCCC)CC4)CC3)c2)cc1. The number of ether oxygens (including phenoxy) is 4. The van der Waals surface area contributed by atoms with Gasteiger partial charge in [-0.15, -0.1) is 0 Å². The van der Waals surface area contributed by atoms with Crippen molar-refractivity contribution >= 4 is 18.0 Å². The molecule has 2 aliphatic carbocycles. The minimum atomic E-state index is -0.521. The average Bonchev–Trinajstić information content (AvgIpc) is 3.08. The summed E-state index contributed by atoms with van der Waals surface area (Å²) < 4.78 is 21.2. The fraction of sp³-hybridized carbons (Fsp3) is 0.500. The van der Waals surface area contributed by atoms with Crippen molar-refractivity contribution in [2.75, 3.05) is 27.4 Å². The van der Waals surface area contributed by atoms with E-state index in [2.05, 4.69) is 32.2 Å². The smallest absolute Gasteiger partial charge is 0.341 e. The lowest BCUT2D eigenvalue weighted by molar-refractivity contribution is -0.131. The number of hydrogen-bond donors (Lipinski definition) is 0. The molecule has 0 radical (unpaired) electrons. The number of rotatable bonds is 15. The summed E-state index contributed by atoms with van der Waals surface area (Å²) in [4.78, 5) is 24.9. The summed E-state index contributed by atoms with van der Waals surface area (Å²) in [6.07, 6.45) is 19.2. The second kappa shape index (κ2) is 18.0. The van der Waals surface area contributed by atoms with E-state index < -0.39 is 11.9 Å². The Bertz CT molecular complexity index is 1340. The third-order valence-corrected chi connectivity index (χ3v) is 9.71. The number of unbranched alkanes of at least 4 members (excludes halogenated alkanes) is 1. The molecule has 6 nitrogen and oxygen atoms in total. The molecule has 46 heavy (non-hydrogen) atoms. The van der Waals surface area contributed by atoms with E-state index in [-0.39, 0.29) is 24.4 Å². The van der Waals surface area contributed by atoms with Gasteiger partial charge in [0.2, 0.25) is 0 Å². The van der Waals surface area contributed by atoms with E-state index >= 15 is 0 Å². The highest BCUT2D eigenvalue weighted by Crippen LogP contribution is 2.43. The van der Waals surface area contributed by atoms with Gasteiger partial charge in [0, 0.05) is 19.8 Å². The number of carbonyl (C=O) groups excluding carboxylic acids is 2. The molecule has 0 saturated heterocycles. The average molecular weight is 629 g/mol. The zero-order valence-electron chi connectivity index (χ0n) is 28.1. The summed E-state index contributed by atoms with van der Waals surface area (Å²) in [6.45, 7) is 10.0. The normalized spacial score (nSPS) is 21.5. The second-order valence-corrected chi connectivity index (χ2v) is 13.1. The second-order valence-electron chi connectivity index (χ2n) is 13.1. The van der Waals surface area contributed by atoms with E-state index in [4.69, 9.17) is 18.9 Å². The predicted octanol–water partition coefficient (Wildman–Crippen LogP) is 9.39. The Balaban J connectivity index is 1.43. The van der Waals surface area contributed by atoms with E-state index in [1.165, 1.54) is 84.8 Å². The van der Waals surface area contributed by atoms with E-state index in [1.807, 2.05) is 30.3 Å². The molecule has 0 aliphatic heterocycles. The minimum absolute atomic E-state index is 0.113. The summed E-state index contributed by atoms with van der Waals surface area (Å²) >= 11 is 0. The van der Waals surface area contributed by atoms with Gasteiger partial charge in [-0.05, 0) is 97.6 Å². The number of methoxy groups -OCH3 is 2. The van der Waals surface area contributed by atoms with Gasteiger partial charge in [-0.1, -0.05) is 82.5 Å². The molecule has 2 aliphatic rings. The standard InChI is InChI=1S/C40H52O6/c1-6-7-8-30-9-14-32(15-10-30)33-16-11-31(12-17-33)13-18-36-25-35(21-24-38(36)46-40(42)29(3)27-44-5)34-19-22-37(23-20-34)45-39(41)28(2)26-43-4/h13,18-25,30-33H,2-3,6-12,14-17,26-27H2,1,4-5H3/b18-13+. The predicted molar refractivity (Wildman–Crippen MR) is 185 cm³/mol. The zero-order valence-corrected chi connectivity index (χ0v) is 28.1. The molecule has 0 atom stereocenters. The van der Waals surface area contributed by atoms with Gasteiger partial charge < -0.3 is 18.9 Å². The molecule has 2 saturated carbocycles. The molecule has 2 aromatic rings. The number of carbonyl (C=O) groups is 2. The quantitative estimate of drug-likeness (QED) is 0.111. The molecule has 0 amide bonds. The highest BCUT2D eigenvalue weighted by Gasteiger charge is 2.30. The Hall–Kier alpha value is -3.48. The van der Waals surface area contributed by atoms with Gasteiger partial charge in [0.15, 0.2) is 0 Å². The van der Waals surface area contributed by atoms with Crippen LogP contribution in [-0.2, 0) is 19.1 Å². The first-order valence-electron chi connectivity index (χ1n) is 17.0. The summed E-state index contributed by atoms with van der Waals surface area (Å²) in [7, 11) is 3.03. The van der Waals surface area contributed by atoms with Crippen molar-refractivity contribution in [2.45, 2.75) is 77.6 Å². The molecule has 2 fully saturated rings. The highest BCUT2D eigenvalue weighted by molar-refractivity contribution is 5.91. The molecule has 0 bridgehead atoms. The summed E-state index contributed by atoms with van der Waals surface area (Å²) in [5.74, 6) is 3.13. The van der Waals surface area contributed by atoms with Crippen molar-refractivity contribution in [1.82, 2.24) is 0 Å². The van der Waals surface area contributed by atoms with Gasteiger partial charge in [0.1, 0.15) is 11.5 Å². The van der Waals surface area contributed by atoms with Crippen LogP contribution in [0.5, 0.6) is 11.5 Å². The third-order valence-electron chi connectivity index (χ3n) is 9.71. The molecule has 0 heterocycles. The van der Waals surface area contributed by atoms with Crippen molar-refractivity contribution in [1.29, 1.82) is 0 Å². The third kappa shape index (κ3) is 10.3. The van der Waals surface area contributed by atoms with Gasteiger partial charge in [-0.2, -0.15) is 0 Å². The molecular weight excluding hydrogens is 576 g/mol. The lowest BCUT2D eigenvalue weighted by Crippen LogP contribution is -2.25. The van der Waals surface area contributed by atoms with Crippen LogP contribution in [0.1, 0.15) is 83.1 Å². The van der Waals surface area contributed by atoms with Crippen LogP contribution >= 0.6 is 0 Å². The first kappa shape index (κ1) is 35.4. The van der Waals surface area contributed by atoms with Crippen LogP contribution in [0.15, 0.2) is 72.8 Å². The van der Waals surface area contributed by atoms with Crippen LogP contribution in [0.3, 0.4) is 0 Å². The molecule has 0 spiro atoms. The number of esters is 2. The first-order chi connectivity index (χ1) is 22.3.